The number of halogens is 1. The first-order valence-corrected chi connectivity index (χ1v) is 6.95. The average molecular weight is 284 g/mol. The fourth-order valence-corrected chi connectivity index (χ4v) is 2.25. The van der Waals surface area contributed by atoms with Crippen molar-refractivity contribution in [2.45, 2.75) is 4.90 Å². The zero-order valence-corrected chi connectivity index (χ0v) is 10.8. The van der Waals surface area contributed by atoms with Gasteiger partial charge in [0, 0.05) is 0 Å². The molecule has 0 saturated carbocycles. The lowest BCUT2D eigenvalue weighted by Crippen LogP contribution is -2.13. The molecule has 0 aliphatic carbocycles. The molecule has 0 unspecified atom stereocenters. The van der Waals surface area contributed by atoms with E-state index in [1.165, 1.54) is 12.1 Å². The van der Waals surface area contributed by atoms with E-state index in [1.807, 2.05) is 0 Å². The molecular weight excluding hydrogens is 274 g/mol. The van der Waals surface area contributed by atoms with Crippen molar-refractivity contribution in [3.63, 3.8) is 0 Å². The Balaban J connectivity index is 2.45. The van der Waals surface area contributed by atoms with E-state index in [1.54, 1.807) is 36.4 Å². The third-order valence-electron chi connectivity index (χ3n) is 2.21. The Bertz CT molecular complexity index is 671. The molecular formula is C12H10ClNO3S. The normalized spacial score (nSPS) is 11.2. The molecule has 2 aromatic rings. The number of ether oxygens (including phenoxy) is 1. The van der Waals surface area contributed by atoms with E-state index in [4.69, 9.17) is 21.5 Å². The molecule has 94 valence electrons. The van der Waals surface area contributed by atoms with E-state index < -0.39 is 10.0 Å². The largest absolute Gasteiger partial charge is 0.454 e. The van der Waals surface area contributed by atoms with Crippen LogP contribution in [0.25, 0.3) is 0 Å². The highest BCUT2D eigenvalue weighted by Crippen LogP contribution is 2.32. The Morgan fingerprint density at radius 2 is 1.50 bits per heavy atom. The molecule has 0 bridgehead atoms. The van der Waals surface area contributed by atoms with Crippen molar-refractivity contribution >= 4 is 21.6 Å². The van der Waals surface area contributed by atoms with Gasteiger partial charge in [-0.2, -0.15) is 0 Å². The van der Waals surface area contributed by atoms with E-state index >= 15 is 0 Å². The zero-order chi connectivity index (χ0) is 13.2. The molecule has 2 aromatic carbocycles. The maximum absolute atomic E-state index is 11.4. The molecule has 2 N–H and O–H groups in total. The number of hydrogen-bond donors (Lipinski definition) is 1. The van der Waals surface area contributed by atoms with E-state index in [0.717, 1.165) is 0 Å². The molecule has 18 heavy (non-hydrogen) atoms. The van der Waals surface area contributed by atoms with Gasteiger partial charge < -0.3 is 4.74 Å². The molecule has 0 saturated heterocycles. The monoisotopic (exact) mass is 283 g/mol. The van der Waals surface area contributed by atoms with Gasteiger partial charge >= 0.3 is 0 Å². The number of sulfonamides is 1. The number of rotatable bonds is 3. The second-order valence-electron chi connectivity index (χ2n) is 3.52. The second-order valence-corrected chi connectivity index (χ2v) is 5.46. The number of primary sulfonamides is 1. The topological polar surface area (TPSA) is 69.4 Å². The summed E-state index contributed by atoms with van der Waals surface area (Å²) in [6.07, 6.45) is 0. The maximum Gasteiger partial charge on any atom is 0.241 e. The summed E-state index contributed by atoms with van der Waals surface area (Å²) in [5.74, 6) is 0.517. The number of benzene rings is 2. The van der Waals surface area contributed by atoms with Crippen LogP contribution >= 0.6 is 11.6 Å². The Labute approximate surface area is 110 Å². The van der Waals surface area contributed by atoms with Gasteiger partial charge in [0.15, 0.2) is 0 Å². The van der Waals surface area contributed by atoms with Gasteiger partial charge in [-0.25, -0.2) is 13.6 Å². The Kier molecular flexibility index (Phi) is 3.56. The Morgan fingerprint density at radius 3 is 2.11 bits per heavy atom. The van der Waals surface area contributed by atoms with Crippen LogP contribution in [0.15, 0.2) is 53.4 Å². The Morgan fingerprint density at radius 1 is 0.944 bits per heavy atom. The summed E-state index contributed by atoms with van der Waals surface area (Å²) in [4.78, 5) is -0.0788. The first-order chi connectivity index (χ1) is 8.48. The van der Waals surface area contributed by atoms with Gasteiger partial charge in [0.1, 0.15) is 16.4 Å². The van der Waals surface area contributed by atoms with Crippen LogP contribution in [0.1, 0.15) is 0 Å². The fourth-order valence-electron chi connectivity index (χ4n) is 1.42. The minimum atomic E-state index is -3.83. The summed E-state index contributed by atoms with van der Waals surface area (Å²) < 4.78 is 28.3. The highest BCUT2D eigenvalue weighted by Gasteiger charge is 2.15. The predicted octanol–water partition coefficient (Wildman–Crippen LogP) is 2.78. The molecule has 0 aromatic heterocycles. The van der Waals surface area contributed by atoms with Gasteiger partial charge in [-0.15, -0.1) is 0 Å². The molecule has 0 fully saturated rings. The molecule has 0 aliphatic rings. The highest BCUT2D eigenvalue weighted by molar-refractivity contribution is 7.89. The van der Waals surface area contributed by atoms with Crippen LogP contribution in [-0.4, -0.2) is 8.42 Å². The highest BCUT2D eigenvalue weighted by atomic mass is 35.5. The van der Waals surface area contributed by atoms with Crippen LogP contribution in [0, 0.1) is 0 Å². The summed E-state index contributed by atoms with van der Waals surface area (Å²) in [7, 11) is -3.83. The molecule has 0 heterocycles. The van der Waals surface area contributed by atoms with E-state index in [9.17, 15) is 8.42 Å². The lowest BCUT2D eigenvalue weighted by atomic mass is 10.3. The molecule has 0 atom stereocenters. The smallest absolute Gasteiger partial charge is 0.241 e. The van der Waals surface area contributed by atoms with Crippen LogP contribution in [0.5, 0.6) is 11.5 Å². The van der Waals surface area contributed by atoms with Crippen LogP contribution in [0.4, 0.5) is 0 Å². The number of para-hydroxylation sites is 2. The summed E-state index contributed by atoms with van der Waals surface area (Å²) in [5, 5.41) is 5.50. The second kappa shape index (κ2) is 4.97. The number of hydrogen-bond acceptors (Lipinski definition) is 3. The molecule has 0 spiro atoms. The molecule has 4 nitrogen and oxygen atoms in total. The van der Waals surface area contributed by atoms with Crippen molar-refractivity contribution in [3.05, 3.63) is 53.6 Å². The van der Waals surface area contributed by atoms with Crippen molar-refractivity contribution in [2.24, 2.45) is 5.14 Å². The molecule has 2 rings (SSSR count). The van der Waals surface area contributed by atoms with Gasteiger partial charge in [0.25, 0.3) is 0 Å². The minimum Gasteiger partial charge on any atom is -0.454 e. The quantitative estimate of drug-likeness (QED) is 0.941. The molecule has 0 amide bonds. The SMILES string of the molecule is NS(=O)(=O)c1ccccc1Oc1ccccc1Cl. The van der Waals surface area contributed by atoms with Gasteiger partial charge in [0.05, 0.1) is 5.02 Å². The standard InChI is InChI=1S/C12H10ClNO3S/c13-9-5-1-2-6-10(9)17-11-7-3-4-8-12(11)18(14,15)16/h1-8H,(H2,14,15,16). The summed E-state index contributed by atoms with van der Waals surface area (Å²) in [5.41, 5.74) is 0. The Hall–Kier alpha value is -1.56. The van der Waals surface area contributed by atoms with E-state index in [-0.39, 0.29) is 10.6 Å². The van der Waals surface area contributed by atoms with Gasteiger partial charge in [0.2, 0.25) is 10.0 Å². The van der Waals surface area contributed by atoms with Crippen molar-refractivity contribution in [2.75, 3.05) is 0 Å². The summed E-state index contributed by atoms with van der Waals surface area (Å²) >= 11 is 5.94. The van der Waals surface area contributed by atoms with Crippen molar-refractivity contribution < 1.29 is 13.2 Å². The third-order valence-corrected chi connectivity index (χ3v) is 3.47. The molecule has 6 heteroatoms. The first kappa shape index (κ1) is 12.9. The average Bonchev–Trinajstić information content (AvgIpc) is 2.31. The maximum atomic E-state index is 11.4. The van der Waals surface area contributed by atoms with Gasteiger partial charge in [-0.3, -0.25) is 0 Å². The van der Waals surface area contributed by atoms with Crippen LogP contribution in [0.2, 0.25) is 5.02 Å². The lowest BCUT2D eigenvalue weighted by molar-refractivity contribution is 0.468. The van der Waals surface area contributed by atoms with Gasteiger partial charge in [-0.1, -0.05) is 35.9 Å². The lowest BCUT2D eigenvalue weighted by Gasteiger charge is -2.10. The third kappa shape index (κ3) is 2.81. The zero-order valence-electron chi connectivity index (χ0n) is 9.21. The fraction of sp³-hybridized carbons (Fsp3) is 0. The predicted molar refractivity (Wildman–Crippen MR) is 69.3 cm³/mol. The van der Waals surface area contributed by atoms with Crippen molar-refractivity contribution in [1.29, 1.82) is 0 Å². The van der Waals surface area contributed by atoms with E-state index in [0.29, 0.717) is 10.8 Å². The van der Waals surface area contributed by atoms with Crippen molar-refractivity contribution in [1.82, 2.24) is 0 Å². The summed E-state index contributed by atoms with van der Waals surface area (Å²) in [6.45, 7) is 0. The van der Waals surface area contributed by atoms with Crippen LogP contribution in [0.3, 0.4) is 0 Å². The summed E-state index contributed by atoms with van der Waals surface area (Å²) in [6, 6.07) is 12.9. The number of nitrogens with two attached hydrogens (primary N) is 1. The van der Waals surface area contributed by atoms with Crippen LogP contribution in [-0.2, 0) is 10.0 Å². The minimum absolute atomic E-state index is 0.0788. The van der Waals surface area contributed by atoms with E-state index in [2.05, 4.69) is 0 Å². The van der Waals surface area contributed by atoms with Crippen molar-refractivity contribution in [3.8, 4) is 11.5 Å². The molecule has 0 radical (unpaired) electrons. The molecule has 0 aliphatic heterocycles. The van der Waals surface area contributed by atoms with Crippen LogP contribution < -0.4 is 9.88 Å². The first-order valence-electron chi connectivity index (χ1n) is 5.03. The van der Waals surface area contributed by atoms with Gasteiger partial charge in [-0.05, 0) is 24.3 Å².